The van der Waals surface area contributed by atoms with Crippen LogP contribution < -0.4 is 0 Å². The summed E-state index contributed by atoms with van der Waals surface area (Å²) in [5.74, 6) is -0.246. The van der Waals surface area contributed by atoms with Gasteiger partial charge in [-0.2, -0.15) is 0 Å². The molecule has 0 N–H and O–H groups in total. The summed E-state index contributed by atoms with van der Waals surface area (Å²) in [6.45, 7) is 0. The molecular formula is C22H17FN2. The lowest BCUT2D eigenvalue weighted by Gasteiger charge is -2.37. The predicted molar refractivity (Wildman–Crippen MR) is 96.8 cm³/mol. The van der Waals surface area contributed by atoms with Crippen LogP contribution in [0.4, 0.5) is 4.39 Å². The molecule has 0 saturated carbocycles. The van der Waals surface area contributed by atoms with Gasteiger partial charge in [-0.15, -0.1) is 0 Å². The highest BCUT2D eigenvalue weighted by Crippen LogP contribution is 2.41. The molecule has 0 amide bonds. The van der Waals surface area contributed by atoms with Crippen molar-refractivity contribution in [3.05, 3.63) is 126 Å². The number of hydrogen-bond acceptors (Lipinski definition) is 1. The second-order valence-electron chi connectivity index (χ2n) is 5.89. The minimum Gasteiger partial charge on any atom is -0.319 e. The Morgan fingerprint density at radius 1 is 0.720 bits per heavy atom. The summed E-state index contributed by atoms with van der Waals surface area (Å²) in [6.07, 6.45) is 5.35. The Labute approximate surface area is 146 Å². The van der Waals surface area contributed by atoms with Crippen LogP contribution in [0.3, 0.4) is 0 Å². The van der Waals surface area contributed by atoms with E-state index in [0.29, 0.717) is 5.56 Å². The number of nitrogens with zero attached hydrogens (tertiary/aromatic N) is 2. The molecule has 2 nitrogen and oxygen atoms in total. The lowest BCUT2D eigenvalue weighted by molar-refractivity contribution is 0.478. The van der Waals surface area contributed by atoms with Crippen molar-refractivity contribution >= 4 is 0 Å². The Balaban J connectivity index is 2.15. The minimum atomic E-state index is -0.829. The fourth-order valence-corrected chi connectivity index (χ4v) is 3.49. The summed E-state index contributed by atoms with van der Waals surface area (Å²) < 4.78 is 17.0. The van der Waals surface area contributed by atoms with Crippen molar-refractivity contribution in [1.82, 2.24) is 9.55 Å². The maximum Gasteiger partial charge on any atom is 0.129 e. The van der Waals surface area contributed by atoms with E-state index in [-0.39, 0.29) is 5.82 Å². The summed E-state index contributed by atoms with van der Waals surface area (Å²) in [5.41, 5.74) is 1.71. The third-order valence-corrected chi connectivity index (χ3v) is 4.54. The molecule has 122 valence electrons. The molecule has 0 radical (unpaired) electrons. The molecule has 4 aromatic rings. The summed E-state index contributed by atoms with van der Waals surface area (Å²) in [4.78, 5) is 4.23. The van der Waals surface area contributed by atoms with Crippen LogP contribution in [0.1, 0.15) is 16.7 Å². The van der Waals surface area contributed by atoms with E-state index in [1.165, 1.54) is 6.07 Å². The van der Waals surface area contributed by atoms with Gasteiger partial charge in [0.15, 0.2) is 0 Å². The SMILES string of the molecule is Fc1ccccc1C(c1ccccc1)(c1ccccc1)n1ccnc1. The number of aromatic nitrogens is 2. The van der Waals surface area contributed by atoms with Crippen molar-refractivity contribution in [1.29, 1.82) is 0 Å². The second kappa shape index (κ2) is 6.36. The molecule has 3 heteroatoms. The largest absolute Gasteiger partial charge is 0.319 e. The molecule has 0 bridgehead atoms. The van der Waals surface area contributed by atoms with E-state index in [1.807, 2.05) is 83.6 Å². The molecule has 0 aliphatic heterocycles. The van der Waals surface area contributed by atoms with E-state index in [1.54, 1.807) is 18.6 Å². The van der Waals surface area contributed by atoms with E-state index >= 15 is 4.39 Å². The molecule has 0 saturated heterocycles. The number of imidazole rings is 1. The quantitative estimate of drug-likeness (QED) is 0.489. The molecule has 0 unspecified atom stereocenters. The van der Waals surface area contributed by atoms with Crippen molar-refractivity contribution in [3.8, 4) is 0 Å². The van der Waals surface area contributed by atoms with Gasteiger partial charge in [0.25, 0.3) is 0 Å². The van der Waals surface area contributed by atoms with E-state index in [0.717, 1.165) is 11.1 Å². The van der Waals surface area contributed by atoms with Gasteiger partial charge in [0, 0.05) is 18.0 Å². The third-order valence-electron chi connectivity index (χ3n) is 4.54. The normalized spacial score (nSPS) is 11.4. The van der Waals surface area contributed by atoms with E-state index in [9.17, 15) is 0 Å². The van der Waals surface area contributed by atoms with Gasteiger partial charge in [0.05, 0.1) is 6.33 Å². The Bertz CT molecular complexity index is 908. The summed E-state index contributed by atoms with van der Waals surface area (Å²) in [7, 11) is 0. The first kappa shape index (κ1) is 15.3. The topological polar surface area (TPSA) is 17.8 Å². The third kappa shape index (κ3) is 2.45. The average Bonchev–Trinajstić information content (AvgIpc) is 3.21. The van der Waals surface area contributed by atoms with E-state index in [2.05, 4.69) is 4.98 Å². The zero-order valence-corrected chi connectivity index (χ0v) is 13.6. The van der Waals surface area contributed by atoms with Gasteiger partial charge in [-0.1, -0.05) is 78.9 Å². The van der Waals surface area contributed by atoms with E-state index in [4.69, 9.17) is 0 Å². The first-order valence-corrected chi connectivity index (χ1v) is 8.18. The van der Waals surface area contributed by atoms with Crippen LogP contribution in [0, 0.1) is 5.82 Å². The predicted octanol–water partition coefficient (Wildman–Crippen LogP) is 4.86. The monoisotopic (exact) mass is 328 g/mol. The fraction of sp³-hybridized carbons (Fsp3) is 0.0455. The van der Waals surface area contributed by atoms with Gasteiger partial charge >= 0.3 is 0 Å². The lowest BCUT2D eigenvalue weighted by Crippen LogP contribution is -2.37. The first-order valence-electron chi connectivity index (χ1n) is 8.18. The maximum absolute atomic E-state index is 15.0. The number of halogens is 1. The smallest absolute Gasteiger partial charge is 0.129 e. The molecular weight excluding hydrogens is 311 g/mol. The first-order chi connectivity index (χ1) is 12.3. The molecule has 0 aliphatic carbocycles. The van der Waals surface area contributed by atoms with Crippen LogP contribution in [-0.2, 0) is 5.54 Å². The molecule has 0 spiro atoms. The van der Waals surface area contributed by atoms with Crippen LogP contribution >= 0.6 is 0 Å². The van der Waals surface area contributed by atoms with Crippen LogP contribution in [0.25, 0.3) is 0 Å². The Morgan fingerprint density at radius 2 is 1.28 bits per heavy atom. The summed E-state index contributed by atoms with van der Waals surface area (Å²) in [5, 5.41) is 0. The molecule has 1 heterocycles. The Hall–Kier alpha value is -3.20. The molecule has 4 rings (SSSR count). The minimum absolute atomic E-state index is 0.246. The van der Waals surface area contributed by atoms with Crippen LogP contribution in [-0.4, -0.2) is 9.55 Å². The standard InChI is InChI=1S/C22H17FN2/c23-21-14-8-7-13-20(21)22(25-16-15-24-17-25,18-9-3-1-4-10-18)19-11-5-2-6-12-19/h1-17H. The zero-order valence-electron chi connectivity index (χ0n) is 13.6. The molecule has 3 aromatic carbocycles. The molecule has 25 heavy (non-hydrogen) atoms. The van der Waals surface area contributed by atoms with Crippen molar-refractivity contribution in [2.24, 2.45) is 0 Å². The van der Waals surface area contributed by atoms with Crippen molar-refractivity contribution in [2.75, 3.05) is 0 Å². The van der Waals surface area contributed by atoms with E-state index < -0.39 is 5.54 Å². The van der Waals surface area contributed by atoms with Crippen LogP contribution in [0.2, 0.25) is 0 Å². The second-order valence-corrected chi connectivity index (χ2v) is 5.89. The van der Waals surface area contributed by atoms with Crippen molar-refractivity contribution < 1.29 is 4.39 Å². The fourth-order valence-electron chi connectivity index (χ4n) is 3.49. The summed E-state index contributed by atoms with van der Waals surface area (Å²) in [6, 6.07) is 26.9. The van der Waals surface area contributed by atoms with Crippen molar-refractivity contribution in [2.45, 2.75) is 5.54 Å². The number of rotatable bonds is 4. The zero-order chi connectivity index (χ0) is 17.1. The van der Waals surface area contributed by atoms with Gasteiger partial charge < -0.3 is 4.57 Å². The number of benzene rings is 3. The molecule has 0 aliphatic rings. The van der Waals surface area contributed by atoms with Crippen molar-refractivity contribution in [3.63, 3.8) is 0 Å². The van der Waals surface area contributed by atoms with Gasteiger partial charge in [0.1, 0.15) is 11.4 Å². The summed E-state index contributed by atoms with van der Waals surface area (Å²) >= 11 is 0. The van der Waals surface area contributed by atoms with Gasteiger partial charge in [0.2, 0.25) is 0 Å². The molecule has 1 aromatic heterocycles. The van der Waals surface area contributed by atoms with Crippen LogP contribution in [0.5, 0.6) is 0 Å². The lowest BCUT2D eigenvalue weighted by atomic mass is 9.76. The van der Waals surface area contributed by atoms with Crippen LogP contribution in [0.15, 0.2) is 104 Å². The highest BCUT2D eigenvalue weighted by molar-refractivity contribution is 5.51. The average molecular weight is 328 g/mol. The highest BCUT2D eigenvalue weighted by atomic mass is 19.1. The maximum atomic E-state index is 15.0. The Morgan fingerprint density at radius 3 is 1.80 bits per heavy atom. The number of hydrogen-bond donors (Lipinski definition) is 0. The van der Waals surface area contributed by atoms with Gasteiger partial charge in [-0.05, 0) is 17.2 Å². The van der Waals surface area contributed by atoms with Gasteiger partial charge in [-0.3, -0.25) is 0 Å². The highest BCUT2D eigenvalue weighted by Gasteiger charge is 2.39. The molecule has 0 fully saturated rings. The Kier molecular flexibility index (Phi) is 3.90. The van der Waals surface area contributed by atoms with Gasteiger partial charge in [-0.25, -0.2) is 9.37 Å². The molecule has 0 atom stereocenters.